The van der Waals surface area contributed by atoms with Gasteiger partial charge >= 0.3 is 0 Å². The summed E-state index contributed by atoms with van der Waals surface area (Å²) in [6, 6.07) is 0. The van der Waals surface area contributed by atoms with Crippen LogP contribution in [0.2, 0.25) is 0 Å². The molecule has 19 heavy (non-hydrogen) atoms. The summed E-state index contributed by atoms with van der Waals surface area (Å²) < 4.78 is 0. The standard InChI is InChI=1S/C17H31NO/c1-18(2)14-16-10-6-7-12-17(16,19)13-11-15-8-4-3-5-9-15/h11,16,19H,3-10,12-14H2,1-2H3. The van der Waals surface area contributed by atoms with E-state index in [2.05, 4.69) is 25.1 Å². The Kier molecular flexibility index (Phi) is 5.47. The third-order valence-corrected chi connectivity index (χ3v) is 5.00. The fraction of sp³-hybridized carbons (Fsp3) is 0.882. The van der Waals surface area contributed by atoms with Crippen LogP contribution < -0.4 is 0 Å². The molecule has 1 N–H and O–H groups in total. The van der Waals surface area contributed by atoms with Crippen molar-refractivity contribution < 1.29 is 5.11 Å². The summed E-state index contributed by atoms with van der Waals surface area (Å²) in [4.78, 5) is 2.23. The van der Waals surface area contributed by atoms with Crippen LogP contribution in [0, 0.1) is 5.92 Å². The second-order valence-electron chi connectivity index (χ2n) is 6.94. The molecule has 2 fully saturated rings. The Hall–Kier alpha value is -0.340. The molecule has 0 aliphatic heterocycles. The molecule has 2 aliphatic carbocycles. The van der Waals surface area contributed by atoms with Crippen molar-refractivity contribution in [3.63, 3.8) is 0 Å². The van der Waals surface area contributed by atoms with Gasteiger partial charge in [-0.15, -0.1) is 0 Å². The van der Waals surface area contributed by atoms with E-state index < -0.39 is 5.60 Å². The molecule has 0 radical (unpaired) electrons. The van der Waals surface area contributed by atoms with E-state index in [1.807, 2.05) is 0 Å². The van der Waals surface area contributed by atoms with Gasteiger partial charge < -0.3 is 10.0 Å². The zero-order valence-electron chi connectivity index (χ0n) is 12.8. The van der Waals surface area contributed by atoms with Crippen molar-refractivity contribution in [2.45, 2.75) is 69.8 Å². The normalized spacial score (nSPS) is 32.6. The summed E-state index contributed by atoms with van der Waals surface area (Å²) in [6.45, 7) is 1.03. The minimum Gasteiger partial charge on any atom is -0.389 e. The fourth-order valence-electron chi connectivity index (χ4n) is 3.80. The van der Waals surface area contributed by atoms with Crippen molar-refractivity contribution in [2.75, 3.05) is 20.6 Å². The van der Waals surface area contributed by atoms with E-state index in [0.29, 0.717) is 5.92 Å². The number of aliphatic hydroxyl groups is 1. The highest BCUT2D eigenvalue weighted by atomic mass is 16.3. The van der Waals surface area contributed by atoms with Gasteiger partial charge in [-0.25, -0.2) is 0 Å². The molecular weight excluding hydrogens is 234 g/mol. The molecule has 2 aliphatic rings. The molecule has 2 heteroatoms. The molecule has 0 heterocycles. The van der Waals surface area contributed by atoms with Crippen molar-refractivity contribution in [3.8, 4) is 0 Å². The minimum absolute atomic E-state index is 0.438. The molecule has 110 valence electrons. The first-order valence-corrected chi connectivity index (χ1v) is 8.15. The van der Waals surface area contributed by atoms with Crippen LogP contribution in [-0.2, 0) is 0 Å². The van der Waals surface area contributed by atoms with Crippen LogP contribution >= 0.6 is 0 Å². The molecule has 0 spiro atoms. The summed E-state index contributed by atoms with van der Waals surface area (Å²) in [6.07, 6.45) is 14.6. The maximum absolute atomic E-state index is 11.0. The molecule has 2 rings (SSSR count). The Balaban J connectivity index is 1.96. The van der Waals surface area contributed by atoms with Crippen LogP contribution in [0.5, 0.6) is 0 Å². The number of nitrogens with zero attached hydrogens (tertiary/aromatic N) is 1. The summed E-state index contributed by atoms with van der Waals surface area (Å²) in [5.74, 6) is 0.455. The van der Waals surface area contributed by atoms with Gasteiger partial charge in [-0.05, 0) is 59.0 Å². The van der Waals surface area contributed by atoms with Crippen LogP contribution in [0.4, 0.5) is 0 Å². The lowest BCUT2D eigenvalue weighted by Crippen LogP contribution is -2.45. The van der Waals surface area contributed by atoms with Gasteiger partial charge in [0.25, 0.3) is 0 Å². The molecule has 0 bridgehead atoms. The van der Waals surface area contributed by atoms with Gasteiger partial charge in [0.05, 0.1) is 5.60 Å². The predicted molar refractivity (Wildman–Crippen MR) is 81.2 cm³/mol. The molecule has 2 saturated carbocycles. The number of rotatable bonds is 4. The number of hydrogen-bond acceptors (Lipinski definition) is 2. The zero-order chi connectivity index (χ0) is 13.7. The Bertz CT molecular complexity index is 302. The van der Waals surface area contributed by atoms with Gasteiger partial charge in [-0.3, -0.25) is 0 Å². The van der Waals surface area contributed by atoms with Crippen molar-refractivity contribution in [3.05, 3.63) is 11.6 Å². The third-order valence-electron chi connectivity index (χ3n) is 5.00. The summed E-state index contributed by atoms with van der Waals surface area (Å²) in [5, 5.41) is 11.0. The van der Waals surface area contributed by atoms with Crippen LogP contribution in [0.15, 0.2) is 11.6 Å². The Morgan fingerprint density at radius 1 is 1.16 bits per heavy atom. The predicted octanol–water partition coefficient (Wildman–Crippen LogP) is 3.75. The molecule has 2 nitrogen and oxygen atoms in total. The van der Waals surface area contributed by atoms with Crippen molar-refractivity contribution in [2.24, 2.45) is 5.92 Å². The molecule has 0 aromatic heterocycles. The van der Waals surface area contributed by atoms with Crippen molar-refractivity contribution in [1.29, 1.82) is 0 Å². The second kappa shape index (κ2) is 6.90. The molecule has 2 unspecified atom stereocenters. The lowest BCUT2D eigenvalue weighted by molar-refractivity contribution is -0.0534. The largest absolute Gasteiger partial charge is 0.389 e. The van der Waals surface area contributed by atoms with Crippen LogP contribution in [0.1, 0.15) is 64.2 Å². The van der Waals surface area contributed by atoms with Gasteiger partial charge in [0, 0.05) is 12.5 Å². The Morgan fingerprint density at radius 3 is 2.58 bits per heavy atom. The van der Waals surface area contributed by atoms with Crippen LogP contribution in [-0.4, -0.2) is 36.2 Å². The first kappa shape index (κ1) is 15.1. The summed E-state index contributed by atoms with van der Waals surface area (Å²) in [7, 11) is 4.24. The quantitative estimate of drug-likeness (QED) is 0.783. The highest BCUT2D eigenvalue weighted by molar-refractivity contribution is 5.08. The molecule has 0 saturated heterocycles. The van der Waals surface area contributed by atoms with E-state index in [-0.39, 0.29) is 0 Å². The van der Waals surface area contributed by atoms with E-state index in [1.165, 1.54) is 51.4 Å². The van der Waals surface area contributed by atoms with E-state index in [4.69, 9.17) is 0 Å². The molecule has 0 aromatic carbocycles. The third kappa shape index (κ3) is 4.32. The second-order valence-corrected chi connectivity index (χ2v) is 6.94. The first-order chi connectivity index (χ1) is 9.10. The monoisotopic (exact) mass is 265 g/mol. The first-order valence-electron chi connectivity index (χ1n) is 8.15. The van der Waals surface area contributed by atoms with E-state index in [1.54, 1.807) is 5.57 Å². The molecular formula is C17H31NO. The van der Waals surface area contributed by atoms with Gasteiger partial charge in [-0.1, -0.05) is 30.9 Å². The van der Waals surface area contributed by atoms with Gasteiger partial charge in [0.15, 0.2) is 0 Å². The topological polar surface area (TPSA) is 23.5 Å². The van der Waals surface area contributed by atoms with Crippen molar-refractivity contribution in [1.82, 2.24) is 4.90 Å². The average Bonchev–Trinajstić information content (AvgIpc) is 2.40. The SMILES string of the molecule is CN(C)CC1CCCCC1(O)CC=C1CCCCC1. The molecule has 0 aromatic rings. The fourth-order valence-corrected chi connectivity index (χ4v) is 3.80. The Labute approximate surface area is 118 Å². The maximum atomic E-state index is 11.0. The highest BCUT2D eigenvalue weighted by Gasteiger charge is 2.38. The van der Waals surface area contributed by atoms with Crippen molar-refractivity contribution >= 4 is 0 Å². The Morgan fingerprint density at radius 2 is 1.89 bits per heavy atom. The van der Waals surface area contributed by atoms with E-state index >= 15 is 0 Å². The van der Waals surface area contributed by atoms with Crippen LogP contribution in [0.25, 0.3) is 0 Å². The molecule has 0 amide bonds. The lowest BCUT2D eigenvalue weighted by atomic mass is 9.72. The molecule has 2 atom stereocenters. The summed E-state index contributed by atoms with van der Waals surface area (Å²) in [5.41, 5.74) is 1.17. The van der Waals surface area contributed by atoms with Gasteiger partial charge in [-0.2, -0.15) is 0 Å². The lowest BCUT2D eigenvalue weighted by Gasteiger charge is -2.41. The van der Waals surface area contributed by atoms with Crippen LogP contribution in [0.3, 0.4) is 0 Å². The minimum atomic E-state index is -0.438. The summed E-state index contributed by atoms with van der Waals surface area (Å²) >= 11 is 0. The highest BCUT2D eigenvalue weighted by Crippen LogP contribution is 2.38. The maximum Gasteiger partial charge on any atom is 0.0722 e. The zero-order valence-corrected chi connectivity index (χ0v) is 12.8. The van der Waals surface area contributed by atoms with E-state index in [0.717, 1.165) is 19.4 Å². The average molecular weight is 265 g/mol. The van der Waals surface area contributed by atoms with Gasteiger partial charge in [0.1, 0.15) is 0 Å². The number of hydrogen-bond donors (Lipinski definition) is 1. The van der Waals surface area contributed by atoms with E-state index in [9.17, 15) is 5.11 Å². The smallest absolute Gasteiger partial charge is 0.0722 e. The number of allylic oxidation sites excluding steroid dienone is 1. The van der Waals surface area contributed by atoms with Gasteiger partial charge in [0.2, 0.25) is 0 Å².